The highest BCUT2D eigenvalue weighted by molar-refractivity contribution is 7.21. The molecule has 0 bridgehead atoms. The van der Waals surface area contributed by atoms with E-state index in [-0.39, 0.29) is 24.5 Å². The summed E-state index contributed by atoms with van der Waals surface area (Å²) in [5.74, 6) is -0.306. The number of thiophene rings is 1. The molecule has 0 atom stereocenters. The fourth-order valence-electron chi connectivity index (χ4n) is 4.16. The Morgan fingerprint density at radius 2 is 1.84 bits per heavy atom. The lowest BCUT2D eigenvalue weighted by Gasteiger charge is -2.33. The van der Waals surface area contributed by atoms with Gasteiger partial charge < -0.3 is 14.4 Å². The van der Waals surface area contributed by atoms with Gasteiger partial charge >= 0.3 is 6.09 Å². The highest BCUT2D eigenvalue weighted by Gasteiger charge is 2.30. The van der Waals surface area contributed by atoms with Crippen LogP contribution < -0.4 is 15.6 Å². The Morgan fingerprint density at radius 3 is 2.49 bits per heavy atom. The molecule has 1 fully saturated rings. The van der Waals surface area contributed by atoms with E-state index < -0.39 is 11.5 Å². The Kier molecular flexibility index (Phi) is 7.72. The number of hydrogen-bond acceptors (Lipinski definition) is 7. The number of H-pyrrole nitrogens is 1. The normalized spacial score (nSPS) is 14.5. The molecule has 3 N–H and O–H groups in total. The van der Waals surface area contributed by atoms with E-state index in [0.717, 1.165) is 27.0 Å². The monoisotopic (exact) mass is 527 g/mol. The Labute approximate surface area is 219 Å². The molecule has 1 saturated heterocycles. The molecule has 3 amide bonds. The van der Waals surface area contributed by atoms with Crippen LogP contribution >= 0.6 is 11.3 Å². The first kappa shape index (κ1) is 26.5. The van der Waals surface area contributed by atoms with Gasteiger partial charge in [-0.15, -0.1) is 11.3 Å². The quantitative estimate of drug-likeness (QED) is 0.430. The maximum absolute atomic E-state index is 13.1. The molecule has 198 valence electrons. The van der Waals surface area contributed by atoms with Gasteiger partial charge in [-0.05, 0) is 46.8 Å². The predicted molar refractivity (Wildman–Crippen MR) is 141 cm³/mol. The number of aryl methyl sites for hydroxylation is 2. The molecule has 0 radical (unpaired) electrons. The molecule has 0 saturated carbocycles. The number of hydrogen-bond donors (Lipinski definition) is 3. The van der Waals surface area contributed by atoms with Crippen LogP contribution in [-0.4, -0.2) is 57.8 Å². The van der Waals surface area contributed by atoms with Crippen molar-refractivity contribution in [1.82, 2.24) is 25.9 Å². The van der Waals surface area contributed by atoms with Gasteiger partial charge in [0.1, 0.15) is 16.6 Å². The second-order valence-electron chi connectivity index (χ2n) is 10.1. The van der Waals surface area contributed by atoms with Crippen LogP contribution in [0.3, 0.4) is 0 Å². The number of nitrogens with zero attached hydrogens (tertiary/aromatic N) is 2. The van der Waals surface area contributed by atoms with Crippen molar-refractivity contribution in [1.29, 1.82) is 0 Å². The molecule has 10 nitrogen and oxygen atoms in total. The van der Waals surface area contributed by atoms with E-state index in [1.165, 1.54) is 11.3 Å². The van der Waals surface area contributed by atoms with Crippen molar-refractivity contribution in [2.45, 2.75) is 65.6 Å². The van der Waals surface area contributed by atoms with Gasteiger partial charge in [0.15, 0.2) is 5.75 Å². The number of fused-ring (bicyclic) bond motifs is 1. The smallest absolute Gasteiger partial charge is 0.410 e. The maximum Gasteiger partial charge on any atom is 0.410 e. The van der Waals surface area contributed by atoms with E-state index in [0.29, 0.717) is 36.6 Å². The van der Waals surface area contributed by atoms with Crippen molar-refractivity contribution in [3.8, 4) is 5.75 Å². The van der Waals surface area contributed by atoms with E-state index in [9.17, 15) is 14.4 Å². The molecule has 0 spiro atoms. The minimum Gasteiger partial charge on any atom is -0.488 e. The van der Waals surface area contributed by atoms with E-state index >= 15 is 0 Å². The highest BCUT2D eigenvalue weighted by Crippen LogP contribution is 2.39. The van der Waals surface area contributed by atoms with Crippen molar-refractivity contribution in [2.24, 2.45) is 0 Å². The lowest BCUT2D eigenvalue weighted by atomic mass is 10.1. The fourth-order valence-corrected chi connectivity index (χ4v) is 5.19. The van der Waals surface area contributed by atoms with Crippen molar-refractivity contribution in [2.75, 3.05) is 13.1 Å². The first-order valence-electron chi connectivity index (χ1n) is 12.3. The van der Waals surface area contributed by atoms with Gasteiger partial charge in [0.25, 0.3) is 5.91 Å². The Morgan fingerprint density at radius 1 is 1.14 bits per heavy atom. The van der Waals surface area contributed by atoms with E-state index in [2.05, 4.69) is 21.0 Å². The number of carbonyl (C=O) groups is 3. The number of piperidine rings is 1. The summed E-state index contributed by atoms with van der Waals surface area (Å²) in [6.07, 6.45) is 0.837. The van der Waals surface area contributed by atoms with Crippen LogP contribution in [0.15, 0.2) is 24.3 Å². The first-order valence-corrected chi connectivity index (χ1v) is 13.1. The van der Waals surface area contributed by atoms with E-state index in [4.69, 9.17) is 9.47 Å². The molecule has 11 heteroatoms. The fraction of sp³-hybridized carbons (Fsp3) is 0.462. The molecule has 3 aromatic rings. The molecule has 37 heavy (non-hydrogen) atoms. The molecule has 0 unspecified atom stereocenters. The Bertz CT molecular complexity index is 1280. The SMILES string of the molecule is Cc1n[nH]c(C)c1CC(=O)NNC(=O)c1sc2ccccc2c1OC1CCN(C(=O)OC(C)(C)C)CC1. The van der Waals surface area contributed by atoms with Gasteiger partial charge in [0.05, 0.1) is 12.1 Å². The summed E-state index contributed by atoms with van der Waals surface area (Å²) in [6, 6.07) is 7.64. The van der Waals surface area contributed by atoms with Crippen LogP contribution in [0.4, 0.5) is 4.79 Å². The lowest BCUT2D eigenvalue weighted by Crippen LogP contribution is -2.44. The molecule has 3 heterocycles. The molecule has 1 aliphatic heterocycles. The number of aromatic nitrogens is 2. The van der Waals surface area contributed by atoms with Crippen LogP contribution in [0.1, 0.15) is 60.2 Å². The third-order valence-corrected chi connectivity index (χ3v) is 7.22. The summed E-state index contributed by atoms with van der Waals surface area (Å²) < 4.78 is 12.7. The topological polar surface area (TPSA) is 126 Å². The first-order chi connectivity index (χ1) is 17.5. The van der Waals surface area contributed by atoms with Gasteiger partial charge in [-0.2, -0.15) is 5.10 Å². The Hall–Kier alpha value is -3.60. The number of benzene rings is 1. The third kappa shape index (κ3) is 6.40. The molecular formula is C26H33N5O5S. The molecule has 0 aliphatic carbocycles. The second kappa shape index (κ2) is 10.8. The summed E-state index contributed by atoms with van der Waals surface area (Å²) >= 11 is 1.31. The van der Waals surface area contributed by atoms with Crippen molar-refractivity contribution < 1.29 is 23.9 Å². The average Bonchev–Trinajstić information content (AvgIpc) is 3.37. The molecule has 2 aromatic heterocycles. The zero-order valence-electron chi connectivity index (χ0n) is 21.8. The summed E-state index contributed by atoms with van der Waals surface area (Å²) in [4.78, 5) is 40.0. The molecule has 1 aliphatic rings. The minimum atomic E-state index is -0.548. The number of hydrazine groups is 1. The van der Waals surface area contributed by atoms with Gasteiger partial charge in [-0.1, -0.05) is 12.1 Å². The zero-order valence-corrected chi connectivity index (χ0v) is 22.6. The number of amides is 3. The minimum absolute atomic E-state index is 0.0977. The van der Waals surface area contributed by atoms with Crippen LogP contribution in [0.5, 0.6) is 5.75 Å². The number of ether oxygens (including phenoxy) is 2. The van der Waals surface area contributed by atoms with Crippen molar-refractivity contribution in [3.05, 3.63) is 46.1 Å². The number of aromatic amines is 1. The molecular weight excluding hydrogens is 494 g/mol. The number of likely N-dealkylation sites (tertiary alicyclic amines) is 1. The maximum atomic E-state index is 13.1. The van der Waals surface area contributed by atoms with Crippen LogP contribution in [0, 0.1) is 13.8 Å². The zero-order chi connectivity index (χ0) is 26.7. The molecule has 4 rings (SSSR count). The van der Waals surface area contributed by atoms with Gasteiger partial charge in [-0.25, -0.2) is 4.79 Å². The largest absolute Gasteiger partial charge is 0.488 e. The Balaban J connectivity index is 1.41. The summed E-state index contributed by atoms with van der Waals surface area (Å²) in [5.41, 5.74) is 6.84. The van der Waals surface area contributed by atoms with Crippen molar-refractivity contribution in [3.63, 3.8) is 0 Å². The van der Waals surface area contributed by atoms with Gasteiger partial charge in [0, 0.05) is 47.3 Å². The van der Waals surface area contributed by atoms with E-state index in [1.54, 1.807) is 4.90 Å². The van der Waals surface area contributed by atoms with Gasteiger partial charge in [-0.3, -0.25) is 25.5 Å². The summed E-state index contributed by atoms with van der Waals surface area (Å²) in [7, 11) is 0. The number of rotatable bonds is 5. The van der Waals surface area contributed by atoms with Crippen LogP contribution in [0.25, 0.3) is 10.1 Å². The molecule has 1 aromatic carbocycles. The van der Waals surface area contributed by atoms with Crippen LogP contribution in [-0.2, 0) is 16.0 Å². The number of nitrogens with one attached hydrogen (secondary N) is 3. The summed E-state index contributed by atoms with van der Waals surface area (Å²) in [5, 5.41) is 7.79. The lowest BCUT2D eigenvalue weighted by molar-refractivity contribution is -0.121. The second-order valence-corrected chi connectivity index (χ2v) is 11.2. The highest BCUT2D eigenvalue weighted by atomic mass is 32.1. The van der Waals surface area contributed by atoms with Crippen LogP contribution in [0.2, 0.25) is 0 Å². The van der Waals surface area contributed by atoms with E-state index in [1.807, 2.05) is 58.9 Å². The summed E-state index contributed by atoms with van der Waals surface area (Å²) in [6.45, 7) is 10.2. The third-order valence-electron chi connectivity index (χ3n) is 6.07. The predicted octanol–water partition coefficient (Wildman–Crippen LogP) is 4.02. The number of carbonyl (C=O) groups excluding carboxylic acids is 3. The average molecular weight is 528 g/mol. The van der Waals surface area contributed by atoms with Gasteiger partial charge in [0.2, 0.25) is 5.91 Å². The van der Waals surface area contributed by atoms with Crippen molar-refractivity contribution >= 4 is 39.3 Å². The standard InChI is InChI=1S/C26H33N5O5S/c1-15-19(16(2)28-27-15)14-21(32)29-30-24(33)23-22(18-8-6-7-9-20(18)37-23)35-17-10-12-31(13-11-17)25(34)36-26(3,4)5/h6-9,17H,10-14H2,1-5H3,(H,27,28)(H,29,32)(H,30,33).